The molecule has 0 spiro atoms. The van der Waals surface area contributed by atoms with Gasteiger partial charge in [0.2, 0.25) is 0 Å². The molecule has 2 aromatic rings. The molecule has 1 saturated heterocycles. The standard InChI is InChI=1S/C17H18ClNO/c1-12-16(13-6-4-3-5-7-13)20-17(19(12)2)14-8-10-15(18)11-9-14/h3-12,16-17H,1-2H3/t12-,16+,17+/m1/s1. The summed E-state index contributed by atoms with van der Waals surface area (Å²) in [6, 6.07) is 18.6. The summed E-state index contributed by atoms with van der Waals surface area (Å²) in [6.07, 6.45) is 0.0781. The van der Waals surface area contributed by atoms with Gasteiger partial charge in [0.1, 0.15) is 12.3 Å². The Labute approximate surface area is 124 Å². The van der Waals surface area contributed by atoms with Gasteiger partial charge in [-0.3, -0.25) is 4.90 Å². The van der Waals surface area contributed by atoms with E-state index in [0.717, 1.165) is 10.6 Å². The zero-order valence-electron chi connectivity index (χ0n) is 11.7. The van der Waals surface area contributed by atoms with Crippen LogP contribution in [0, 0.1) is 0 Å². The second kappa shape index (κ2) is 5.57. The molecule has 104 valence electrons. The van der Waals surface area contributed by atoms with Gasteiger partial charge in [-0.2, -0.15) is 0 Å². The summed E-state index contributed by atoms with van der Waals surface area (Å²) >= 11 is 5.95. The largest absolute Gasteiger partial charge is 0.349 e. The third-order valence-electron chi connectivity index (χ3n) is 4.01. The van der Waals surface area contributed by atoms with Crippen molar-refractivity contribution < 1.29 is 4.74 Å². The van der Waals surface area contributed by atoms with E-state index in [0.29, 0.717) is 6.04 Å². The van der Waals surface area contributed by atoms with E-state index in [1.165, 1.54) is 5.56 Å². The minimum Gasteiger partial charge on any atom is -0.349 e. The fraction of sp³-hybridized carbons (Fsp3) is 0.294. The molecule has 1 fully saturated rings. The minimum atomic E-state index is -0.0209. The van der Waals surface area contributed by atoms with Crippen LogP contribution in [0.4, 0.5) is 0 Å². The summed E-state index contributed by atoms with van der Waals surface area (Å²) in [4.78, 5) is 2.26. The zero-order valence-corrected chi connectivity index (χ0v) is 12.4. The summed E-state index contributed by atoms with van der Waals surface area (Å²) < 4.78 is 6.28. The number of hydrogen-bond acceptors (Lipinski definition) is 2. The highest BCUT2D eigenvalue weighted by atomic mass is 35.5. The molecule has 0 amide bonds. The van der Waals surface area contributed by atoms with Crippen molar-refractivity contribution >= 4 is 11.6 Å². The van der Waals surface area contributed by atoms with Gasteiger partial charge in [0.15, 0.2) is 0 Å². The lowest BCUT2D eigenvalue weighted by Crippen LogP contribution is -2.27. The first-order valence-electron chi connectivity index (χ1n) is 6.84. The van der Waals surface area contributed by atoms with Crippen molar-refractivity contribution in [3.05, 3.63) is 70.7 Å². The Hall–Kier alpha value is -1.35. The van der Waals surface area contributed by atoms with Crippen molar-refractivity contribution in [3.8, 4) is 0 Å². The number of ether oxygens (including phenoxy) is 1. The van der Waals surface area contributed by atoms with Crippen LogP contribution in [-0.4, -0.2) is 18.0 Å². The molecular formula is C17H18ClNO. The molecule has 0 aliphatic carbocycles. The van der Waals surface area contributed by atoms with Gasteiger partial charge in [-0.05, 0) is 37.2 Å². The Balaban J connectivity index is 1.87. The quantitative estimate of drug-likeness (QED) is 0.810. The SMILES string of the molecule is C[C@@H]1[C@@H](c2ccccc2)O[C@@H](c2ccc(Cl)cc2)N1C. The topological polar surface area (TPSA) is 12.5 Å². The molecule has 20 heavy (non-hydrogen) atoms. The van der Waals surface area contributed by atoms with Gasteiger partial charge in [-0.25, -0.2) is 0 Å². The fourth-order valence-corrected chi connectivity index (χ4v) is 2.84. The Bertz CT molecular complexity index is 569. The summed E-state index contributed by atoms with van der Waals surface area (Å²) in [5, 5.41) is 0.752. The van der Waals surface area contributed by atoms with Crippen LogP contribution in [0.3, 0.4) is 0 Å². The highest BCUT2D eigenvalue weighted by molar-refractivity contribution is 6.30. The normalized spacial score (nSPS) is 26.9. The van der Waals surface area contributed by atoms with Gasteiger partial charge in [0, 0.05) is 11.1 Å². The maximum Gasteiger partial charge on any atom is 0.137 e. The van der Waals surface area contributed by atoms with E-state index in [-0.39, 0.29) is 12.3 Å². The Kier molecular flexibility index (Phi) is 3.79. The second-order valence-corrected chi connectivity index (χ2v) is 5.71. The number of benzene rings is 2. The third kappa shape index (κ3) is 2.47. The van der Waals surface area contributed by atoms with Crippen LogP contribution in [0.15, 0.2) is 54.6 Å². The molecule has 1 heterocycles. The van der Waals surface area contributed by atoms with Crippen LogP contribution in [0.25, 0.3) is 0 Å². The highest BCUT2D eigenvalue weighted by Gasteiger charge is 2.38. The zero-order chi connectivity index (χ0) is 14.1. The van der Waals surface area contributed by atoms with Gasteiger partial charge in [-0.15, -0.1) is 0 Å². The molecule has 3 atom stereocenters. The van der Waals surface area contributed by atoms with Crippen LogP contribution in [0.2, 0.25) is 5.02 Å². The van der Waals surface area contributed by atoms with Crippen LogP contribution in [-0.2, 0) is 4.74 Å². The summed E-state index contributed by atoms with van der Waals surface area (Å²) in [5.41, 5.74) is 2.37. The smallest absolute Gasteiger partial charge is 0.137 e. The van der Waals surface area contributed by atoms with Gasteiger partial charge < -0.3 is 4.74 Å². The van der Waals surface area contributed by atoms with Crippen molar-refractivity contribution in [2.75, 3.05) is 7.05 Å². The van der Waals surface area contributed by atoms with E-state index >= 15 is 0 Å². The number of likely N-dealkylation sites (N-methyl/N-ethyl adjacent to an activating group) is 1. The number of hydrogen-bond donors (Lipinski definition) is 0. The second-order valence-electron chi connectivity index (χ2n) is 5.28. The van der Waals surface area contributed by atoms with E-state index < -0.39 is 0 Å². The molecule has 2 aromatic carbocycles. The van der Waals surface area contributed by atoms with Crippen molar-refractivity contribution in [2.45, 2.75) is 25.3 Å². The Morgan fingerprint density at radius 1 is 0.950 bits per heavy atom. The van der Waals surface area contributed by atoms with Crippen molar-refractivity contribution in [3.63, 3.8) is 0 Å². The summed E-state index contributed by atoms with van der Waals surface area (Å²) in [6.45, 7) is 2.20. The number of rotatable bonds is 2. The molecule has 0 unspecified atom stereocenters. The fourth-order valence-electron chi connectivity index (χ4n) is 2.72. The van der Waals surface area contributed by atoms with Crippen LogP contribution in [0.1, 0.15) is 30.4 Å². The maximum absolute atomic E-state index is 6.28. The monoisotopic (exact) mass is 287 g/mol. The first-order valence-corrected chi connectivity index (χ1v) is 7.22. The molecule has 0 radical (unpaired) electrons. The van der Waals surface area contributed by atoms with Crippen molar-refractivity contribution in [1.82, 2.24) is 4.90 Å². The lowest BCUT2D eigenvalue weighted by atomic mass is 10.0. The predicted molar refractivity (Wildman–Crippen MR) is 81.7 cm³/mol. The first-order chi connectivity index (χ1) is 9.66. The molecule has 0 saturated carbocycles. The predicted octanol–water partition coefficient (Wildman–Crippen LogP) is 4.43. The Morgan fingerprint density at radius 2 is 1.60 bits per heavy atom. The van der Waals surface area contributed by atoms with Crippen LogP contribution < -0.4 is 0 Å². The molecule has 3 rings (SSSR count). The third-order valence-corrected chi connectivity index (χ3v) is 4.26. The van der Waals surface area contributed by atoms with Gasteiger partial charge in [-0.1, -0.05) is 54.1 Å². The maximum atomic E-state index is 6.28. The Morgan fingerprint density at radius 3 is 2.25 bits per heavy atom. The van der Waals surface area contributed by atoms with Gasteiger partial charge in [0.25, 0.3) is 0 Å². The molecular weight excluding hydrogens is 270 g/mol. The number of halogens is 1. The first kappa shape index (κ1) is 13.6. The molecule has 0 N–H and O–H groups in total. The lowest BCUT2D eigenvalue weighted by molar-refractivity contribution is 0.00560. The lowest BCUT2D eigenvalue weighted by Gasteiger charge is -2.21. The van der Waals surface area contributed by atoms with E-state index in [9.17, 15) is 0 Å². The van der Waals surface area contributed by atoms with Crippen molar-refractivity contribution in [1.29, 1.82) is 0 Å². The van der Waals surface area contributed by atoms with Gasteiger partial charge in [0.05, 0.1) is 0 Å². The summed E-state index contributed by atoms with van der Waals surface area (Å²) in [5.74, 6) is 0. The highest BCUT2D eigenvalue weighted by Crippen LogP contribution is 2.41. The molecule has 0 aromatic heterocycles. The van der Waals surface area contributed by atoms with Crippen LogP contribution >= 0.6 is 11.6 Å². The average molecular weight is 288 g/mol. The number of nitrogens with zero attached hydrogens (tertiary/aromatic N) is 1. The molecule has 1 aliphatic rings. The van der Waals surface area contributed by atoms with Crippen molar-refractivity contribution in [2.24, 2.45) is 0 Å². The minimum absolute atomic E-state index is 0.0209. The van der Waals surface area contributed by atoms with E-state index in [2.05, 4.69) is 43.1 Å². The molecule has 1 aliphatic heterocycles. The summed E-state index contributed by atoms with van der Waals surface area (Å²) in [7, 11) is 2.10. The average Bonchev–Trinajstić information content (AvgIpc) is 2.77. The van der Waals surface area contributed by atoms with Gasteiger partial charge >= 0.3 is 0 Å². The molecule has 3 heteroatoms. The molecule has 2 nitrogen and oxygen atoms in total. The van der Waals surface area contributed by atoms with E-state index in [1.807, 2.05) is 30.3 Å². The van der Waals surface area contributed by atoms with E-state index in [1.54, 1.807) is 0 Å². The van der Waals surface area contributed by atoms with E-state index in [4.69, 9.17) is 16.3 Å². The van der Waals surface area contributed by atoms with Crippen LogP contribution in [0.5, 0.6) is 0 Å². The molecule has 0 bridgehead atoms.